The summed E-state index contributed by atoms with van der Waals surface area (Å²) >= 11 is 0. The normalized spacial score (nSPS) is 16.2. The molecule has 4 N–H and O–H groups in total. The third-order valence-electron chi connectivity index (χ3n) is 4.10. The van der Waals surface area contributed by atoms with Crippen molar-refractivity contribution < 1.29 is 19.1 Å². The number of carbonyl (C=O) groups is 3. The second kappa shape index (κ2) is 8.44. The molecule has 0 unspecified atom stereocenters. The zero-order valence-electron chi connectivity index (χ0n) is 13.7. The number of carbonyl (C=O) groups excluding carboxylic acids is 3. The maximum absolute atomic E-state index is 12.2. The molecule has 1 fully saturated rings. The fourth-order valence-electron chi connectivity index (χ4n) is 2.82. The number of Topliss-reactive ketones (excluding diaryl/α,β-unsaturated/α-hetero) is 1. The Hall–Kier alpha value is -2.41. The summed E-state index contributed by atoms with van der Waals surface area (Å²) in [5.41, 5.74) is 6.34. The molecule has 0 bridgehead atoms. The number of ether oxygens (including phenoxy) is 1. The monoisotopic (exact) mass is 333 g/mol. The van der Waals surface area contributed by atoms with Crippen LogP contribution in [-0.4, -0.2) is 37.0 Å². The van der Waals surface area contributed by atoms with E-state index in [-0.39, 0.29) is 24.2 Å². The van der Waals surface area contributed by atoms with Gasteiger partial charge in [-0.25, -0.2) is 4.79 Å². The van der Waals surface area contributed by atoms with E-state index in [4.69, 9.17) is 10.5 Å². The van der Waals surface area contributed by atoms with Gasteiger partial charge in [0.15, 0.2) is 5.78 Å². The molecule has 7 heteroatoms. The smallest absolute Gasteiger partial charge is 0.319 e. The van der Waals surface area contributed by atoms with Crippen LogP contribution in [0.5, 0.6) is 0 Å². The molecule has 7 nitrogen and oxygen atoms in total. The van der Waals surface area contributed by atoms with E-state index in [0.29, 0.717) is 24.5 Å². The molecular weight excluding hydrogens is 310 g/mol. The van der Waals surface area contributed by atoms with Gasteiger partial charge in [-0.05, 0) is 37.8 Å². The largest absolute Gasteiger partial charge is 0.381 e. The summed E-state index contributed by atoms with van der Waals surface area (Å²) in [7, 11) is 0. The van der Waals surface area contributed by atoms with Crippen LogP contribution >= 0.6 is 0 Å². The molecule has 1 aliphatic rings. The van der Waals surface area contributed by atoms with Gasteiger partial charge in [0, 0.05) is 36.9 Å². The van der Waals surface area contributed by atoms with Gasteiger partial charge in [-0.15, -0.1) is 0 Å². The van der Waals surface area contributed by atoms with Crippen molar-refractivity contribution in [2.75, 3.05) is 18.5 Å². The van der Waals surface area contributed by atoms with Crippen molar-refractivity contribution >= 4 is 23.4 Å². The third kappa shape index (κ3) is 5.34. The maximum atomic E-state index is 12.2. The molecule has 1 aromatic rings. The van der Waals surface area contributed by atoms with Gasteiger partial charge in [0.2, 0.25) is 5.91 Å². The molecule has 2 rings (SSSR count). The van der Waals surface area contributed by atoms with Crippen molar-refractivity contribution in [3.05, 3.63) is 29.8 Å². The van der Waals surface area contributed by atoms with Crippen LogP contribution in [0.4, 0.5) is 10.5 Å². The average molecular weight is 333 g/mol. The van der Waals surface area contributed by atoms with E-state index in [2.05, 4.69) is 10.6 Å². The number of hydrogen-bond acceptors (Lipinski definition) is 4. The molecule has 1 aliphatic heterocycles. The van der Waals surface area contributed by atoms with Crippen molar-refractivity contribution in [3.63, 3.8) is 0 Å². The lowest BCUT2D eigenvalue weighted by Crippen LogP contribution is -2.46. The molecule has 0 radical (unpaired) electrons. The van der Waals surface area contributed by atoms with E-state index in [1.165, 1.54) is 6.92 Å². The van der Waals surface area contributed by atoms with Gasteiger partial charge in [-0.1, -0.05) is 12.1 Å². The zero-order chi connectivity index (χ0) is 17.5. The highest BCUT2D eigenvalue weighted by atomic mass is 16.5. The van der Waals surface area contributed by atoms with Crippen LogP contribution < -0.4 is 16.4 Å². The predicted octanol–water partition coefficient (Wildman–Crippen LogP) is 1.68. The van der Waals surface area contributed by atoms with Gasteiger partial charge in [-0.2, -0.15) is 0 Å². The first-order valence-electron chi connectivity index (χ1n) is 8.00. The Bertz CT molecular complexity index is 612. The molecule has 1 saturated heterocycles. The first-order chi connectivity index (χ1) is 11.5. The molecule has 1 heterocycles. The third-order valence-corrected chi connectivity index (χ3v) is 4.10. The van der Waals surface area contributed by atoms with Crippen LogP contribution in [0.1, 0.15) is 36.5 Å². The quantitative estimate of drug-likeness (QED) is 0.688. The van der Waals surface area contributed by atoms with Crippen molar-refractivity contribution in [1.29, 1.82) is 0 Å². The molecule has 3 amide bonds. The standard InChI is InChI=1S/C17H23N3O4/c1-11(21)13-3-2-4-14(9-13)19-17(23)20-15(10-16(18)22)12-5-7-24-8-6-12/h2-4,9,12,15H,5-8,10H2,1H3,(H2,18,22)(H2,19,20,23)/t15-/m0/s1. The van der Waals surface area contributed by atoms with Crippen molar-refractivity contribution in [3.8, 4) is 0 Å². The van der Waals surface area contributed by atoms with Crippen LogP contribution in [0.25, 0.3) is 0 Å². The molecule has 24 heavy (non-hydrogen) atoms. The number of nitrogens with one attached hydrogen (secondary N) is 2. The Labute approximate surface area is 140 Å². The van der Waals surface area contributed by atoms with E-state index < -0.39 is 11.9 Å². The fourth-order valence-corrected chi connectivity index (χ4v) is 2.82. The summed E-state index contributed by atoms with van der Waals surface area (Å²) in [4.78, 5) is 34.9. The van der Waals surface area contributed by atoms with Gasteiger partial charge in [0.25, 0.3) is 0 Å². The zero-order valence-corrected chi connectivity index (χ0v) is 13.7. The second-order valence-electron chi connectivity index (χ2n) is 5.96. The number of amides is 3. The van der Waals surface area contributed by atoms with E-state index in [1.54, 1.807) is 24.3 Å². The van der Waals surface area contributed by atoms with Crippen LogP contribution in [0.2, 0.25) is 0 Å². The van der Waals surface area contributed by atoms with Crippen LogP contribution in [0, 0.1) is 5.92 Å². The number of rotatable bonds is 6. The summed E-state index contributed by atoms with van der Waals surface area (Å²) in [6.45, 7) is 2.70. The summed E-state index contributed by atoms with van der Waals surface area (Å²) in [5, 5.41) is 5.52. The lowest BCUT2D eigenvalue weighted by molar-refractivity contribution is -0.118. The molecule has 0 aromatic heterocycles. The van der Waals surface area contributed by atoms with Crippen LogP contribution in [-0.2, 0) is 9.53 Å². The minimum atomic E-state index is -0.453. The van der Waals surface area contributed by atoms with Crippen molar-refractivity contribution in [1.82, 2.24) is 5.32 Å². The van der Waals surface area contributed by atoms with E-state index >= 15 is 0 Å². The van der Waals surface area contributed by atoms with Gasteiger partial charge >= 0.3 is 6.03 Å². The highest BCUT2D eigenvalue weighted by Gasteiger charge is 2.27. The van der Waals surface area contributed by atoms with Crippen molar-refractivity contribution in [2.45, 2.75) is 32.2 Å². The summed E-state index contributed by atoms with van der Waals surface area (Å²) in [6, 6.07) is 5.94. The predicted molar refractivity (Wildman–Crippen MR) is 89.7 cm³/mol. The Morgan fingerprint density at radius 2 is 2.00 bits per heavy atom. The minimum absolute atomic E-state index is 0.0760. The fraction of sp³-hybridized carbons (Fsp3) is 0.471. The van der Waals surface area contributed by atoms with Gasteiger partial charge in [-0.3, -0.25) is 9.59 Å². The summed E-state index contributed by atoms with van der Waals surface area (Å²) in [6.07, 6.45) is 1.64. The van der Waals surface area contributed by atoms with E-state index in [1.807, 2.05) is 0 Å². The molecule has 1 atom stereocenters. The Morgan fingerprint density at radius 1 is 1.29 bits per heavy atom. The summed E-state index contributed by atoms with van der Waals surface area (Å²) < 4.78 is 5.31. The van der Waals surface area contributed by atoms with Gasteiger partial charge in [0.05, 0.1) is 0 Å². The maximum Gasteiger partial charge on any atom is 0.319 e. The van der Waals surface area contributed by atoms with Crippen LogP contribution in [0.3, 0.4) is 0 Å². The number of primary amides is 1. The number of ketones is 1. The minimum Gasteiger partial charge on any atom is -0.381 e. The average Bonchev–Trinajstić information content (AvgIpc) is 2.55. The highest BCUT2D eigenvalue weighted by Crippen LogP contribution is 2.21. The lowest BCUT2D eigenvalue weighted by atomic mass is 9.89. The number of nitrogens with two attached hydrogens (primary N) is 1. The SMILES string of the molecule is CC(=O)c1cccc(NC(=O)N[C@@H](CC(N)=O)C2CCOCC2)c1. The van der Waals surface area contributed by atoms with Crippen molar-refractivity contribution in [2.24, 2.45) is 11.7 Å². The lowest BCUT2D eigenvalue weighted by Gasteiger charge is -2.30. The number of benzene rings is 1. The molecular formula is C17H23N3O4. The number of urea groups is 1. The molecule has 1 aromatic carbocycles. The van der Waals surface area contributed by atoms with Gasteiger partial charge < -0.3 is 21.1 Å². The molecule has 0 saturated carbocycles. The number of hydrogen-bond donors (Lipinski definition) is 3. The topological polar surface area (TPSA) is 111 Å². The Balaban J connectivity index is 2.00. The Kier molecular flexibility index (Phi) is 6.31. The van der Waals surface area contributed by atoms with E-state index in [9.17, 15) is 14.4 Å². The van der Waals surface area contributed by atoms with Gasteiger partial charge in [0.1, 0.15) is 0 Å². The molecule has 0 spiro atoms. The first kappa shape index (κ1) is 17.9. The number of anilines is 1. The highest BCUT2D eigenvalue weighted by molar-refractivity contribution is 5.96. The Morgan fingerprint density at radius 3 is 2.62 bits per heavy atom. The summed E-state index contributed by atoms with van der Waals surface area (Å²) in [5.74, 6) is -0.376. The van der Waals surface area contributed by atoms with Crippen LogP contribution in [0.15, 0.2) is 24.3 Å². The molecule has 0 aliphatic carbocycles. The molecule has 130 valence electrons. The second-order valence-corrected chi connectivity index (χ2v) is 5.96. The first-order valence-corrected chi connectivity index (χ1v) is 8.00. The van der Waals surface area contributed by atoms with E-state index in [0.717, 1.165) is 12.8 Å².